The number of carbonyl (C=O) groups excluding carboxylic acids is 1. The third-order valence-electron chi connectivity index (χ3n) is 4.92. The van der Waals surface area contributed by atoms with Crippen molar-refractivity contribution in [1.29, 1.82) is 0 Å². The molecular formula is C19H23F2N4O2P. The molecule has 0 spiro atoms. The summed E-state index contributed by atoms with van der Waals surface area (Å²) < 4.78 is 32.1. The van der Waals surface area contributed by atoms with Crippen LogP contribution in [-0.4, -0.2) is 71.7 Å². The van der Waals surface area contributed by atoms with Crippen LogP contribution in [0.15, 0.2) is 35.1 Å². The predicted molar refractivity (Wildman–Crippen MR) is 106 cm³/mol. The Morgan fingerprint density at radius 1 is 1.32 bits per heavy atom. The summed E-state index contributed by atoms with van der Waals surface area (Å²) in [5.74, 6) is 1.38. The van der Waals surface area contributed by atoms with E-state index in [1.165, 1.54) is 6.07 Å². The highest BCUT2D eigenvalue weighted by Crippen LogP contribution is 2.27. The van der Waals surface area contributed by atoms with Gasteiger partial charge in [0.05, 0.1) is 6.04 Å². The number of ether oxygens (including phenoxy) is 1. The van der Waals surface area contributed by atoms with Gasteiger partial charge in [-0.15, -0.1) is 8.86 Å². The molecule has 1 aromatic rings. The fourth-order valence-electron chi connectivity index (χ4n) is 3.44. The molecule has 2 saturated heterocycles. The highest BCUT2D eigenvalue weighted by molar-refractivity contribution is 7.18. The van der Waals surface area contributed by atoms with Crippen molar-refractivity contribution in [2.75, 3.05) is 33.2 Å². The average molecular weight is 408 g/mol. The first-order valence-electron chi connectivity index (χ1n) is 8.97. The zero-order valence-electron chi connectivity index (χ0n) is 15.9. The largest absolute Gasteiger partial charge is 0.473 e. The van der Waals surface area contributed by atoms with Crippen molar-refractivity contribution < 1.29 is 18.3 Å². The second-order valence-electron chi connectivity index (χ2n) is 6.70. The maximum Gasteiger partial charge on any atom is 0.219 e. The molecule has 1 aromatic carbocycles. The van der Waals surface area contributed by atoms with Gasteiger partial charge in [0.1, 0.15) is 12.4 Å². The lowest BCUT2D eigenvalue weighted by Gasteiger charge is -2.37. The molecule has 0 radical (unpaired) electrons. The van der Waals surface area contributed by atoms with Crippen LogP contribution in [0.5, 0.6) is 0 Å². The van der Waals surface area contributed by atoms with Gasteiger partial charge < -0.3 is 19.4 Å². The molecule has 2 aliphatic heterocycles. The quantitative estimate of drug-likeness (QED) is 0.435. The Hall–Kier alpha value is -2.47. The number of hydrogen-bond donors (Lipinski definition) is 0. The van der Waals surface area contributed by atoms with Crippen LogP contribution in [0.25, 0.3) is 0 Å². The molecular weight excluding hydrogens is 385 g/mol. The number of amides is 1. The highest BCUT2D eigenvalue weighted by Gasteiger charge is 2.38. The van der Waals surface area contributed by atoms with Gasteiger partial charge in [0.25, 0.3) is 0 Å². The number of benzene rings is 1. The van der Waals surface area contributed by atoms with E-state index in [2.05, 4.69) is 18.8 Å². The number of rotatable bonds is 4. The normalized spacial score (nSPS) is 21.1. The van der Waals surface area contributed by atoms with Crippen LogP contribution in [0.2, 0.25) is 0 Å². The summed E-state index contributed by atoms with van der Waals surface area (Å²) in [7, 11) is 5.06. The van der Waals surface area contributed by atoms with Gasteiger partial charge in [0.2, 0.25) is 11.8 Å². The minimum atomic E-state index is -0.906. The van der Waals surface area contributed by atoms with E-state index >= 15 is 0 Å². The zero-order chi connectivity index (χ0) is 20.3. The van der Waals surface area contributed by atoms with E-state index in [0.717, 1.165) is 24.5 Å². The number of hydrogen-bond acceptors (Lipinski definition) is 4. The summed E-state index contributed by atoms with van der Waals surface area (Å²) in [5.41, 5.74) is 0.515. The van der Waals surface area contributed by atoms with Gasteiger partial charge in [0, 0.05) is 52.1 Å². The van der Waals surface area contributed by atoms with Gasteiger partial charge in [-0.25, -0.2) is 8.78 Å². The first-order valence-corrected chi connectivity index (χ1v) is 9.55. The van der Waals surface area contributed by atoms with E-state index in [1.54, 1.807) is 19.9 Å². The first-order chi connectivity index (χ1) is 13.4. The van der Waals surface area contributed by atoms with E-state index < -0.39 is 11.6 Å². The predicted octanol–water partition coefficient (Wildman–Crippen LogP) is 2.10. The molecule has 1 unspecified atom stereocenters. The molecule has 0 N–H and O–H groups in total. The third-order valence-corrected chi connectivity index (χ3v) is 5.24. The Kier molecular flexibility index (Phi) is 6.29. The summed E-state index contributed by atoms with van der Waals surface area (Å²) in [4.78, 5) is 21.9. The molecule has 2 aliphatic rings. The number of piperazine rings is 1. The molecule has 0 saturated carbocycles. The van der Waals surface area contributed by atoms with E-state index in [9.17, 15) is 13.6 Å². The van der Waals surface area contributed by atoms with Gasteiger partial charge in [-0.2, -0.15) is 0 Å². The van der Waals surface area contributed by atoms with Crippen molar-refractivity contribution in [3.05, 3.63) is 47.3 Å². The number of halogens is 2. The Bertz CT molecular complexity index is 830. The first kappa shape index (κ1) is 20.3. The van der Waals surface area contributed by atoms with Gasteiger partial charge in [-0.3, -0.25) is 9.79 Å². The lowest BCUT2D eigenvalue weighted by atomic mass is 10.2. The van der Waals surface area contributed by atoms with Crippen LogP contribution in [0, 0.1) is 11.6 Å². The van der Waals surface area contributed by atoms with Crippen molar-refractivity contribution in [3.63, 3.8) is 0 Å². The number of fused-ring (bicyclic) bond motifs is 1. The minimum absolute atomic E-state index is 0.0762. The summed E-state index contributed by atoms with van der Waals surface area (Å²) in [6, 6.07) is 3.84. The van der Waals surface area contributed by atoms with Crippen LogP contribution in [-0.2, 0) is 16.1 Å². The number of aliphatic imine (C=N–C) groups is 1. The monoisotopic (exact) mass is 408 g/mol. The van der Waals surface area contributed by atoms with Crippen LogP contribution in [0.1, 0.15) is 12.5 Å². The molecule has 1 amide bonds. The molecule has 9 heteroatoms. The van der Waals surface area contributed by atoms with Crippen LogP contribution < -0.4 is 0 Å². The van der Waals surface area contributed by atoms with E-state index in [0.29, 0.717) is 31.1 Å². The van der Waals surface area contributed by atoms with Crippen molar-refractivity contribution in [2.24, 2.45) is 4.99 Å². The second-order valence-corrected chi connectivity index (χ2v) is 6.95. The van der Waals surface area contributed by atoms with E-state index in [-0.39, 0.29) is 18.6 Å². The van der Waals surface area contributed by atoms with Crippen LogP contribution in [0.3, 0.4) is 0 Å². The van der Waals surface area contributed by atoms with Crippen molar-refractivity contribution in [1.82, 2.24) is 14.7 Å². The summed E-state index contributed by atoms with van der Waals surface area (Å²) >= 11 is 0. The standard InChI is InChI=1S/C19H23F2N4O2P/c1-13(26)23-5-6-25-15(9-23)10-24(12-28)19(25)8-18(22-2)27-11-14-3-4-16(20)17(21)7-14/h3-4,7-8,12,15,28H,5-6,9-11H2,1-2H3/b19-8+,22-18?. The summed E-state index contributed by atoms with van der Waals surface area (Å²) in [6.07, 6.45) is 1.82. The van der Waals surface area contributed by atoms with E-state index in [1.807, 2.05) is 15.9 Å². The SMILES string of the molecule is CN=C(/C=C1\N(C=P)CC2CN(C(C)=O)CCN12)OCc1ccc(F)c(F)c1. The van der Waals surface area contributed by atoms with Crippen LogP contribution in [0.4, 0.5) is 8.78 Å². The summed E-state index contributed by atoms with van der Waals surface area (Å²) in [6.45, 7) is 4.44. The molecule has 0 bridgehead atoms. The molecule has 1 atom stereocenters. The zero-order valence-corrected chi connectivity index (χ0v) is 16.9. The van der Waals surface area contributed by atoms with E-state index in [4.69, 9.17) is 4.74 Å². The Morgan fingerprint density at radius 2 is 2.11 bits per heavy atom. The minimum Gasteiger partial charge on any atom is -0.473 e. The Balaban J connectivity index is 1.72. The fraction of sp³-hybridized carbons (Fsp3) is 0.421. The molecule has 0 aliphatic carbocycles. The number of nitrogens with zero attached hydrogens (tertiary/aromatic N) is 4. The lowest BCUT2D eigenvalue weighted by molar-refractivity contribution is -0.131. The fourth-order valence-corrected chi connectivity index (χ4v) is 3.67. The maximum absolute atomic E-state index is 13.4. The molecule has 28 heavy (non-hydrogen) atoms. The van der Waals surface area contributed by atoms with Crippen molar-refractivity contribution >= 4 is 26.6 Å². The lowest BCUT2D eigenvalue weighted by Crippen LogP contribution is -2.52. The van der Waals surface area contributed by atoms with Crippen LogP contribution >= 0.6 is 8.86 Å². The smallest absolute Gasteiger partial charge is 0.219 e. The summed E-state index contributed by atoms with van der Waals surface area (Å²) in [5, 5.41) is 0. The van der Waals surface area contributed by atoms with Crippen molar-refractivity contribution in [2.45, 2.75) is 19.6 Å². The Morgan fingerprint density at radius 3 is 2.75 bits per heavy atom. The average Bonchev–Trinajstić information content (AvgIpc) is 3.04. The molecule has 2 fully saturated rings. The maximum atomic E-state index is 13.4. The second kappa shape index (κ2) is 8.69. The van der Waals surface area contributed by atoms with Gasteiger partial charge in [-0.1, -0.05) is 6.07 Å². The van der Waals surface area contributed by atoms with Gasteiger partial charge in [-0.05, 0) is 17.7 Å². The Labute approximate surface area is 165 Å². The molecule has 150 valence electrons. The van der Waals surface area contributed by atoms with Gasteiger partial charge >= 0.3 is 0 Å². The van der Waals surface area contributed by atoms with Crippen molar-refractivity contribution in [3.8, 4) is 0 Å². The molecule has 6 nitrogen and oxygen atoms in total. The molecule has 0 aromatic heterocycles. The highest BCUT2D eigenvalue weighted by atomic mass is 31.0. The third kappa shape index (κ3) is 4.33. The number of carbonyl (C=O) groups is 1. The molecule has 2 heterocycles. The molecule has 3 rings (SSSR count). The van der Waals surface area contributed by atoms with Gasteiger partial charge in [0.15, 0.2) is 11.6 Å². The topological polar surface area (TPSA) is 48.4 Å².